The molecular weight excluding hydrogens is 364 g/mol. The molecular formula is C20H30N2O6. The lowest BCUT2D eigenvalue weighted by atomic mass is 10.1. The molecule has 8 heteroatoms. The number of aliphatic hydroxyl groups excluding tert-OH is 1. The Morgan fingerprint density at radius 3 is 2.68 bits per heavy atom. The zero-order chi connectivity index (χ0) is 20.7. The Kier molecular flexibility index (Phi) is 7.77. The molecule has 1 saturated carbocycles. The van der Waals surface area contributed by atoms with Crippen molar-refractivity contribution in [3.63, 3.8) is 0 Å². The largest absolute Gasteiger partial charge is 0.467 e. The first-order valence-electron chi connectivity index (χ1n) is 9.58. The molecule has 8 nitrogen and oxygen atoms in total. The van der Waals surface area contributed by atoms with E-state index in [0.29, 0.717) is 13.0 Å². The van der Waals surface area contributed by atoms with Crippen LogP contribution < -0.4 is 5.32 Å². The van der Waals surface area contributed by atoms with Crippen LogP contribution in [0.25, 0.3) is 0 Å². The number of likely N-dealkylation sites (tertiary alicyclic amines) is 1. The number of nitrogens with zero attached hydrogens (tertiary/aromatic N) is 1. The van der Waals surface area contributed by atoms with Gasteiger partial charge in [-0.2, -0.15) is 0 Å². The third-order valence-electron chi connectivity index (χ3n) is 5.27. The number of allylic oxidation sites excluding steroid dienone is 1. The number of unbranched alkanes of at least 4 members (excludes halogenated alkanes) is 2. The number of aliphatic hydroxyl groups is 1. The second-order valence-electron chi connectivity index (χ2n) is 7.29. The number of carbonyl (C=O) groups excluding carboxylic acids is 3. The van der Waals surface area contributed by atoms with Gasteiger partial charge in [0, 0.05) is 25.5 Å². The third-order valence-corrected chi connectivity index (χ3v) is 5.27. The summed E-state index contributed by atoms with van der Waals surface area (Å²) in [5.74, 6) is -1.59. The summed E-state index contributed by atoms with van der Waals surface area (Å²) in [6, 6.07) is -0.848. The van der Waals surface area contributed by atoms with Gasteiger partial charge in [-0.05, 0) is 25.7 Å². The van der Waals surface area contributed by atoms with Crippen LogP contribution in [0, 0.1) is 5.92 Å². The lowest BCUT2D eigenvalue weighted by molar-refractivity contribution is -0.148. The average Bonchev–Trinajstić information content (AvgIpc) is 3.26. The SMILES string of the molecule is C=CCCCCOCC(=O)N1C[C@@H](O)C[C@H]1C(=O)N[C@]1(C(=O)OC)C[C@H]1C=C. The number of carbonyl (C=O) groups is 3. The molecule has 0 aromatic rings. The zero-order valence-corrected chi connectivity index (χ0v) is 16.4. The number of β-amino-alcohol motifs (C(OH)–C–C–N with tert-alkyl or cyclic N) is 1. The summed E-state index contributed by atoms with van der Waals surface area (Å²) < 4.78 is 10.2. The molecule has 1 aliphatic heterocycles. The third kappa shape index (κ3) is 4.99. The summed E-state index contributed by atoms with van der Waals surface area (Å²) in [5, 5.41) is 12.7. The van der Waals surface area contributed by atoms with Gasteiger partial charge in [-0.15, -0.1) is 13.2 Å². The summed E-state index contributed by atoms with van der Waals surface area (Å²) in [7, 11) is 1.26. The summed E-state index contributed by atoms with van der Waals surface area (Å²) in [6.45, 7) is 7.67. The van der Waals surface area contributed by atoms with Crippen molar-refractivity contribution in [3.05, 3.63) is 25.3 Å². The van der Waals surface area contributed by atoms with Gasteiger partial charge in [-0.25, -0.2) is 4.79 Å². The second kappa shape index (κ2) is 9.84. The van der Waals surface area contributed by atoms with Gasteiger partial charge < -0.3 is 24.8 Å². The van der Waals surface area contributed by atoms with Crippen molar-refractivity contribution in [2.45, 2.75) is 49.8 Å². The van der Waals surface area contributed by atoms with E-state index in [1.54, 1.807) is 6.08 Å². The molecule has 2 aliphatic rings. The average molecular weight is 394 g/mol. The monoisotopic (exact) mass is 394 g/mol. The van der Waals surface area contributed by atoms with Crippen LogP contribution in [0.3, 0.4) is 0 Å². The number of nitrogens with one attached hydrogen (secondary N) is 1. The highest BCUT2D eigenvalue weighted by Crippen LogP contribution is 2.45. The second-order valence-corrected chi connectivity index (χ2v) is 7.29. The van der Waals surface area contributed by atoms with Gasteiger partial charge in [0.15, 0.2) is 0 Å². The van der Waals surface area contributed by atoms with Gasteiger partial charge in [-0.3, -0.25) is 9.59 Å². The van der Waals surface area contributed by atoms with Gasteiger partial charge in [0.1, 0.15) is 18.2 Å². The molecule has 4 atom stereocenters. The van der Waals surface area contributed by atoms with Crippen LogP contribution in [-0.2, 0) is 23.9 Å². The highest BCUT2D eigenvalue weighted by molar-refractivity contribution is 5.95. The van der Waals surface area contributed by atoms with Crippen molar-refractivity contribution in [1.29, 1.82) is 0 Å². The van der Waals surface area contributed by atoms with E-state index < -0.39 is 29.6 Å². The van der Waals surface area contributed by atoms with E-state index in [1.807, 2.05) is 6.08 Å². The standard InChI is InChI=1S/C20H30N2O6/c1-4-6-7-8-9-28-13-17(24)22-12-15(23)10-16(22)18(25)21-20(19(26)27-3)11-14(20)5-2/h4-5,14-16,23H,1-2,6-13H2,3H3,(H,21,25)/t14-,15+,16+,20-/m1/s1. The van der Waals surface area contributed by atoms with Crippen molar-refractivity contribution in [3.8, 4) is 0 Å². The number of hydrogen-bond acceptors (Lipinski definition) is 6. The van der Waals surface area contributed by atoms with Crippen LogP contribution in [-0.4, -0.2) is 72.3 Å². The molecule has 0 aromatic heterocycles. The maximum Gasteiger partial charge on any atom is 0.332 e. The normalized spacial score (nSPS) is 28.5. The molecule has 1 saturated heterocycles. The first-order valence-corrected chi connectivity index (χ1v) is 9.58. The molecule has 2 N–H and O–H groups in total. The van der Waals surface area contributed by atoms with E-state index in [9.17, 15) is 19.5 Å². The molecule has 2 amide bonds. The molecule has 0 aromatic carbocycles. The zero-order valence-electron chi connectivity index (χ0n) is 16.4. The molecule has 0 unspecified atom stereocenters. The minimum Gasteiger partial charge on any atom is -0.467 e. The van der Waals surface area contributed by atoms with Crippen LogP contribution in [0.4, 0.5) is 0 Å². The summed E-state index contributed by atoms with van der Waals surface area (Å²) >= 11 is 0. The number of hydrogen-bond donors (Lipinski definition) is 2. The Bertz CT molecular complexity index is 622. The lowest BCUT2D eigenvalue weighted by Crippen LogP contribution is -2.53. The van der Waals surface area contributed by atoms with E-state index >= 15 is 0 Å². The fourth-order valence-corrected chi connectivity index (χ4v) is 3.56. The van der Waals surface area contributed by atoms with E-state index in [0.717, 1.165) is 19.3 Å². The molecule has 1 aliphatic carbocycles. The van der Waals surface area contributed by atoms with Gasteiger partial charge in [0.05, 0.1) is 13.2 Å². The molecule has 0 bridgehead atoms. The molecule has 2 rings (SSSR count). The van der Waals surface area contributed by atoms with Crippen LogP contribution >= 0.6 is 0 Å². The Morgan fingerprint density at radius 2 is 2.07 bits per heavy atom. The first-order chi connectivity index (χ1) is 13.4. The fourth-order valence-electron chi connectivity index (χ4n) is 3.56. The fraction of sp³-hybridized carbons (Fsp3) is 0.650. The van der Waals surface area contributed by atoms with E-state index in [4.69, 9.17) is 9.47 Å². The topological polar surface area (TPSA) is 105 Å². The molecule has 1 heterocycles. The van der Waals surface area contributed by atoms with Gasteiger partial charge in [0.25, 0.3) is 0 Å². The first kappa shape index (κ1) is 22.1. The number of methoxy groups -OCH3 is 1. The highest BCUT2D eigenvalue weighted by atomic mass is 16.5. The van der Waals surface area contributed by atoms with Crippen molar-refractivity contribution < 1.29 is 29.0 Å². The van der Waals surface area contributed by atoms with Crippen LogP contribution in [0.1, 0.15) is 32.1 Å². The Balaban J connectivity index is 1.92. The lowest BCUT2D eigenvalue weighted by Gasteiger charge is -2.26. The minimum atomic E-state index is -1.13. The quantitative estimate of drug-likeness (QED) is 0.301. The van der Waals surface area contributed by atoms with Crippen molar-refractivity contribution >= 4 is 17.8 Å². The summed E-state index contributed by atoms with van der Waals surface area (Å²) in [6.07, 6.45) is 5.81. The van der Waals surface area contributed by atoms with Crippen LogP contribution in [0.2, 0.25) is 0 Å². The highest BCUT2D eigenvalue weighted by Gasteiger charge is 2.61. The Morgan fingerprint density at radius 1 is 1.32 bits per heavy atom. The van der Waals surface area contributed by atoms with Crippen LogP contribution in [0.15, 0.2) is 25.3 Å². The predicted octanol–water partition coefficient (Wildman–Crippen LogP) is 0.555. The Hall–Kier alpha value is -2.19. The molecule has 156 valence electrons. The van der Waals surface area contributed by atoms with Gasteiger partial charge in [-0.1, -0.05) is 12.2 Å². The maximum absolute atomic E-state index is 12.8. The van der Waals surface area contributed by atoms with Gasteiger partial charge in [0.2, 0.25) is 11.8 Å². The summed E-state index contributed by atoms with van der Waals surface area (Å²) in [4.78, 5) is 38.7. The summed E-state index contributed by atoms with van der Waals surface area (Å²) in [5.41, 5.74) is -1.13. The van der Waals surface area contributed by atoms with Crippen molar-refractivity contribution in [2.75, 3.05) is 26.9 Å². The number of ether oxygens (including phenoxy) is 2. The predicted molar refractivity (Wildman–Crippen MR) is 102 cm³/mol. The molecule has 28 heavy (non-hydrogen) atoms. The van der Waals surface area contributed by atoms with E-state index in [2.05, 4.69) is 18.5 Å². The molecule has 0 radical (unpaired) electrons. The smallest absolute Gasteiger partial charge is 0.332 e. The maximum atomic E-state index is 12.8. The molecule has 0 spiro atoms. The van der Waals surface area contributed by atoms with Crippen LogP contribution in [0.5, 0.6) is 0 Å². The van der Waals surface area contributed by atoms with Gasteiger partial charge >= 0.3 is 5.97 Å². The number of esters is 1. The van der Waals surface area contributed by atoms with E-state index in [1.165, 1.54) is 12.0 Å². The van der Waals surface area contributed by atoms with Crippen molar-refractivity contribution in [2.24, 2.45) is 5.92 Å². The van der Waals surface area contributed by atoms with Crippen molar-refractivity contribution in [1.82, 2.24) is 10.2 Å². The number of rotatable bonds is 11. The molecule has 2 fully saturated rings. The Labute approximate surface area is 165 Å². The van der Waals surface area contributed by atoms with E-state index in [-0.39, 0.29) is 31.4 Å². The minimum absolute atomic E-state index is 0.0624. The number of amides is 2.